The molecule has 0 saturated heterocycles. The number of hydrogen-bond acceptors (Lipinski definition) is 1. The van der Waals surface area contributed by atoms with Gasteiger partial charge in [0.1, 0.15) is 0 Å². The molecule has 1 rings (SSSR count). The van der Waals surface area contributed by atoms with Crippen molar-refractivity contribution in [2.24, 2.45) is 0 Å². The van der Waals surface area contributed by atoms with Gasteiger partial charge in [0.25, 0.3) is 0 Å². The Balaban J connectivity index is 2.34. The molecule has 0 radical (unpaired) electrons. The minimum atomic E-state index is -4.13. The Morgan fingerprint density at radius 1 is 1.50 bits per heavy atom. The van der Waals surface area contributed by atoms with Gasteiger partial charge in [0.15, 0.2) is 0 Å². The average Bonchev–Trinajstić information content (AvgIpc) is 2.30. The molecule has 1 heterocycles. The van der Waals surface area contributed by atoms with Gasteiger partial charge in [-0.3, -0.25) is 4.79 Å². The summed E-state index contributed by atoms with van der Waals surface area (Å²) in [7, 11) is 0. The van der Waals surface area contributed by atoms with Gasteiger partial charge in [-0.2, -0.15) is 13.2 Å². The molecule has 1 N–H and O–H groups in total. The Morgan fingerprint density at radius 3 is 2.58 bits per heavy atom. The number of rotatable bonds is 2. The van der Waals surface area contributed by atoms with Crippen molar-refractivity contribution < 1.29 is 18.0 Å². The van der Waals surface area contributed by atoms with E-state index < -0.39 is 12.6 Å². The Kier molecular flexibility index (Phi) is 2.40. The minimum Gasteiger partial charge on any atom is -0.349 e. The molecule has 0 spiro atoms. The van der Waals surface area contributed by atoms with E-state index in [1.54, 1.807) is 0 Å². The molecule has 68 valence electrons. The lowest BCUT2D eigenvalue weighted by Crippen LogP contribution is -2.15. The summed E-state index contributed by atoms with van der Waals surface area (Å²) in [6.45, 7) is 0.259. The van der Waals surface area contributed by atoms with E-state index in [-0.39, 0.29) is 18.9 Å². The normalized spacial score (nSPS) is 17.6. The van der Waals surface area contributed by atoms with Gasteiger partial charge in [0.05, 0.1) is 0 Å². The summed E-state index contributed by atoms with van der Waals surface area (Å²) in [5.74, 6) is -0.299. The summed E-state index contributed by atoms with van der Waals surface area (Å²) in [5, 5.41) is 2.41. The molecular formula is C7H8F3NO. The number of halogens is 3. The van der Waals surface area contributed by atoms with E-state index in [4.69, 9.17) is 0 Å². The molecule has 0 aliphatic carbocycles. The van der Waals surface area contributed by atoms with E-state index in [2.05, 4.69) is 5.32 Å². The lowest BCUT2D eigenvalue weighted by molar-refractivity contribution is -0.134. The van der Waals surface area contributed by atoms with Gasteiger partial charge in [-0.25, -0.2) is 0 Å². The van der Waals surface area contributed by atoms with Gasteiger partial charge < -0.3 is 5.32 Å². The fourth-order valence-corrected chi connectivity index (χ4v) is 0.951. The molecule has 1 aliphatic heterocycles. The number of carbonyl (C=O) groups is 1. The molecule has 0 aromatic rings. The van der Waals surface area contributed by atoms with Crippen LogP contribution in [0.2, 0.25) is 0 Å². The lowest BCUT2D eigenvalue weighted by Gasteiger charge is -2.05. The molecule has 1 aliphatic rings. The number of amides is 1. The van der Waals surface area contributed by atoms with Crippen molar-refractivity contribution in [1.29, 1.82) is 0 Å². The Bertz CT molecular complexity index is 219. The largest absolute Gasteiger partial charge is 0.389 e. The van der Waals surface area contributed by atoms with E-state index in [9.17, 15) is 18.0 Å². The van der Waals surface area contributed by atoms with Crippen molar-refractivity contribution in [2.75, 3.05) is 6.54 Å². The first-order valence-corrected chi connectivity index (χ1v) is 3.51. The van der Waals surface area contributed by atoms with Gasteiger partial charge in [0.2, 0.25) is 5.91 Å². The smallest absolute Gasteiger partial charge is 0.349 e. The summed E-state index contributed by atoms with van der Waals surface area (Å²) in [4.78, 5) is 10.5. The summed E-state index contributed by atoms with van der Waals surface area (Å²) in [6.07, 6.45) is -3.84. The van der Waals surface area contributed by atoms with E-state index in [0.717, 1.165) is 0 Å². The van der Waals surface area contributed by atoms with Crippen LogP contribution in [0.5, 0.6) is 0 Å². The van der Waals surface area contributed by atoms with Gasteiger partial charge in [-0.1, -0.05) is 0 Å². The number of alkyl halides is 3. The highest BCUT2D eigenvalue weighted by Gasteiger charge is 2.27. The second-order valence-corrected chi connectivity index (χ2v) is 2.64. The van der Waals surface area contributed by atoms with E-state index in [1.165, 1.54) is 6.08 Å². The summed E-state index contributed by atoms with van der Waals surface area (Å²) >= 11 is 0. The fourth-order valence-electron chi connectivity index (χ4n) is 0.951. The van der Waals surface area contributed by atoms with Gasteiger partial charge in [-0.05, 0) is 12.0 Å². The highest BCUT2D eigenvalue weighted by atomic mass is 19.4. The highest BCUT2D eigenvalue weighted by Crippen LogP contribution is 2.24. The van der Waals surface area contributed by atoms with E-state index in [1.807, 2.05) is 0 Å². The topological polar surface area (TPSA) is 29.1 Å². The van der Waals surface area contributed by atoms with Crippen LogP contribution < -0.4 is 5.32 Å². The van der Waals surface area contributed by atoms with Crippen molar-refractivity contribution in [1.82, 2.24) is 5.32 Å². The number of hydrogen-bond donors (Lipinski definition) is 1. The van der Waals surface area contributed by atoms with Crippen LogP contribution >= 0.6 is 0 Å². The fraction of sp³-hybridized carbons (Fsp3) is 0.571. The molecule has 5 heteroatoms. The zero-order chi connectivity index (χ0) is 9.19. The van der Waals surface area contributed by atoms with Crippen LogP contribution in [0.25, 0.3) is 0 Å². The third kappa shape index (κ3) is 2.94. The van der Waals surface area contributed by atoms with Crippen molar-refractivity contribution >= 4 is 5.91 Å². The predicted octanol–water partition coefficient (Wildman–Crippen LogP) is 1.39. The second kappa shape index (κ2) is 3.16. The third-order valence-corrected chi connectivity index (χ3v) is 1.55. The summed E-state index contributed by atoms with van der Waals surface area (Å²) < 4.78 is 35.0. The molecule has 0 aromatic heterocycles. The highest BCUT2D eigenvalue weighted by molar-refractivity contribution is 5.90. The first kappa shape index (κ1) is 9.09. The SMILES string of the molecule is O=C1C=C(CCC(F)(F)F)CN1. The molecule has 2 nitrogen and oxygen atoms in total. The van der Waals surface area contributed by atoms with Crippen LogP contribution in [0.15, 0.2) is 11.6 Å². The summed E-state index contributed by atoms with van der Waals surface area (Å²) in [5.41, 5.74) is 0.525. The zero-order valence-electron chi connectivity index (χ0n) is 6.24. The average molecular weight is 179 g/mol. The summed E-state index contributed by atoms with van der Waals surface area (Å²) in [6, 6.07) is 0. The molecule has 0 saturated carbocycles. The maximum absolute atomic E-state index is 11.7. The third-order valence-electron chi connectivity index (χ3n) is 1.55. The molecule has 0 atom stereocenters. The van der Waals surface area contributed by atoms with E-state index >= 15 is 0 Å². The van der Waals surface area contributed by atoms with Crippen LogP contribution in [0.3, 0.4) is 0 Å². The maximum Gasteiger partial charge on any atom is 0.389 e. The van der Waals surface area contributed by atoms with Crippen molar-refractivity contribution in [2.45, 2.75) is 19.0 Å². The van der Waals surface area contributed by atoms with Crippen LogP contribution in [-0.2, 0) is 4.79 Å². The standard InChI is InChI=1S/C7H8F3NO/c8-7(9,10)2-1-5-3-6(12)11-4-5/h3H,1-2,4H2,(H,11,12). The molecule has 0 unspecified atom stereocenters. The predicted molar refractivity (Wildman–Crippen MR) is 36.4 cm³/mol. The van der Waals surface area contributed by atoms with Crippen molar-refractivity contribution in [3.05, 3.63) is 11.6 Å². The van der Waals surface area contributed by atoms with Crippen LogP contribution in [0.1, 0.15) is 12.8 Å². The molecular weight excluding hydrogens is 171 g/mol. The first-order valence-electron chi connectivity index (χ1n) is 3.51. The molecule has 1 amide bonds. The van der Waals surface area contributed by atoms with Gasteiger partial charge in [0, 0.05) is 19.0 Å². The number of nitrogens with one attached hydrogen (secondary N) is 1. The Morgan fingerprint density at radius 2 is 2.17 bits per heavy atom. The van der Waals surface area contributed by atoms with Gasteiger partial charge >= 0.3 is 6.18 Å². The Hall–Kier alpha value is -1.00. The molecule has 12 heavy (non-hydrogen) atoms. The van der Waals surface area contributed by atoms with Crippen molar-refractivity contribution in [3.8, 4) is 0 Å². The minimum absolute atomic E-state index is 0.0811. The first-order chi connectivity index (χ1) is 5.47. The monoisotopic (exact) mass is 179 g/mol. The number of carbonyl (C=O) groups excluding carboxylic acids is 1. The maximum atomic E-state index is 11.7. The van der Waals surface area contributed by atoms with Crippen LogP contribution in [0.4, 0.5) is 13.2 Å². The molecule has 0 fully saturated rings. The lowest BCUT2D eigenvalue weighted by atomic mass is 10.1. The van der Waals surface area contributed by atoms with E-state index in [0.29, 0.717) is 5.57 Å². The quantitative estimate of drug-likeness (QED) is 0.681. The Labute approximate surface area is 67.4 Å². The van der Waals surface area contributed by atoms with Crippen LogP contribution in [-0.4, -0.2) is 18.6 Å². The van der Waals surface area contributed by atoms with Crippen LogP contribution in [0, 0.1) is 0 Å². The van der Waals surface area contributed by atoms with Gasteiger partial charge in [-0.15, -0.1) is 0 Å². The molecule has 0 aromatic carbocycles. The molecule has 0 bridgehead atoms. The second-order valence-electron chi connectivity index (χ2n) is 2.64. The zero-order valence-corrected chi connectivity index (χ0v) is 6.24. The van der Waals surface area contributed by atoms with Crippen molar-refractivity contribution in [3.63, 3.8) is 0 Å².